The summed E-state index contributed by atoms with van der Waals surface area (Å²) in [5.41, 5.74) is 3.03. The van der Waals surface area contributed by atoms with Gasteiger partial charge >= 0.3 is 0 Å². The number of carbonyl (C=O) groups excluding carboxylic acids is 1. The Morgan fingerprint density at radius 2 is 2.09 bits per heavy atom. The maximum Gasteiger partial charge on any atom is 0.255 e. The highest BCUT2D eigenvalue weighted by Crippen LogP contribution is 2.39. The number of aromatic amines is 1. The number of aryl methyl sites for hydroxylation is 1. The van der Waals surface area contributed by atoms with Crippen molar-refractivity contribution in [3.05, 3.63) is 35.5 Å². The van der Waals surface area contributed by atoms with Crippen molar-refractivity contribution in [2.75, 3.05) is 26.8 Å². The van der Waals surface area contributed by atoms with E-state index in [0.717, 1.165) is 19.4 Å². The van der Waals surface area contributed by atoms with Crippen molar-refractivity contribution < 1.29 is 23.8 Å². The van der Waals surface area contributed by atoms with Crippen LogP contribution in [0.25, 0.3) is 22.3 Å². The lowest BCUT2D eigenvalue weighted by atomic mass is 10.0. The lowest BCUT2D eigenvalue weighted by Crippen LogP contribution is -2.52. The first-order valence-electron chi connectivity index (χ1n) is 11.5. The molecule has 4 N–H and O–H groups in total. The summed E-state index contributed by atoms with van der Waals surface area (Å²) in [6, 6.07) is 2.52. The molecule has 9 nitrogen and oxygen atoms in total. The van der Waals surface area contributed by atoms with E-state index in [-0.39, 0.29) is 17.7 Å². The Kier molecular flexibility index (Phi) is 6.09. The van der Waals surface area contributed by atoms with Gasteiger partial charge in [-0.2, -0.15) is 0 Å². The molecular formula is C24H28FN5O4. The van der Waals surface area contributed by atoms with Gasteiger partial charge in [0.1, 0.15) is 23.3 Å². The topological polar surface area (TPSA) is 121 Å². The first-order valence-corrected chi connectivity index (χ1v) is 11.5. The molecule has 5 rings (SSSR count). The number of carbonyl (C=O) groups is 1. The minimum Gasteiger partial charge on any atom is -0.494 e. The molecule has 2 fully saturated rings. The van der Waals surface area contributed by atoms with Crippen LogP contribution >= 0.6 is 0 Å². The standard InChI is InChI=1S/C24H28FN5O4/c1-12-20(24(32)30-16-5-6-26-9-17(16)31)22-23(29-12)21(27-11-28-22)14-7-19(33-2)15(25)8-18(14)34-10-13-3-4-13/h7-8,11,13,16-17,26,29,31H,3-6,9-10H2,1-2H3,(H,30,32). The van der Waals surface area contributed by atoms with Gasteiger partial charge in [-0.25, -0.2) is 14.4 Å². The number of aliphatic hydroxyl groups excluding tert-OH is 1. The largest absolute Gasteiger partial charge is 0.494 e. The van der Waals surface area contributed by atoms with E-state index in [0.29, 0.717) is 64.8 Å². The number of hydrogen-bond acceptors (Lipinski definition) is 7. The van der Waals surface area contributed by atoms with Gasteiger partial charge in [0.05, 0.1) is 36.9 Å². The van der Waals surface area contributed by atoms with Crippen molar-refractivity contribution in [3.63, 3.8) is 0 Å². The molecule has 180 valence electrons. The molecule has 2 unspecified atom stereocenters. The van der Waals surface area contributed by atoms with Gasteiger partial charge in [0.15, 0.2) is 11.6 Å². The highest BCUT2D eigenvalue weighted by molar-refractivity contribution is 6.09. The smallest absolute Gasteiger partial charge is 0.255 e. The molecule has 1 saturated heterocycles. The van der Waals surface area contributed by atoms with Gasteiger partial charge in [-0.1, -0.05) is 0 Å². The number of hydrogen-bond donors (Lipinski definition) is 4. The van der Waals surface area contributed by atoms with Gasteiger partial charge in [-0.05, 0) is 44.7 Å². The van der Waals surface area contributed by atoms with Crippen molar-refractivity contribution in [1.29, 1.82) is 0 Å². The monoisotopic (exact) mass is 469 g/mol. The van der Waals surface area contributed by atoms with Gasteiger partial charge in [-0.15, -0.1) is 0 Å². The van der Waals surface area contributed by atoms with Crippen LogP contribution in [0.15, 0.2) is 18.5 Å². The highest BCUT2D eigenvalue weighted by atomic mass is 19.1. The van der Waals surface area contributed by atoms with E-state index in [9.17, 15) is 14.3 Å². The number of piperidine rings is 1. The SMILES string of the molecule is COc1cc(-c2ncnc3c(C(=O)NC4CCNCC4O)c(C)[nH]c23)c(OCC2CC2)cc1F. The number of methoxy groups -OCH3 is 1. The average molecular weight is 470 g/mol. The molecule has 2 aliphatic rings. The summed E-state index contributed by atoms with van der Waals surface area (Å²) in [5.74, 6) is 0.0756. The molecule has 3 aromatic rings. The summed E-state index contributed by atoms with van der Waals surface area (Å²) >= 11 is 0. The Morgan fingerprint density at radius 1 is 1.26 bits per heavy atom. The second-order valence-electron chi connectivity index (χ2n) is 8.95. The fourth-order valence-corrected chi connectivity index (χ4v) is 4.34. The Morgan fingerprint density at radius 3 is 2.82 bits per heavy atom. The van der Waals surface area contributed by atoms with Crippen LogP contribution in [0.5, 0.6) is 11.5 Å². The van der Waals surface area contributed by atoms with Gasteiger partial charge in [0, 0.05) is 23.9 Å². The molecule has 1 aromatic carbocycles. The summed E-state index contributed by atoms with van der Waals surface area (Å²) < 4.78 is 25.7. The summed E-state index contributed by atoms with van der Waals surface area (Å²) in [7, 11) is 1.40. The van der Waals surface area contributed by atoms with Crippen LogP contribution in [-0.4, -0.2) is 64.9 Å². The van der Waals surface area contributed by atoms with Crippen molar-refractivity contribution in [2.45, 2.75) is 38.3 Å². The Labute approximate surface area is 196 Å². The number of amides is 1. The summed E-state index contributed by atoms with van der Waals surface area (Å²) in [6.07, 6.45) is 3.55. The number of β-amino-alcohol motifs (C(OH)–C–C–N with tert-alkyl or cyclic N) is 1. The van der Waals surface area contributed by atoms with Crippen LogP contribution < -0.4 is 20.1 Å². The van der Waals surface area contributed by atoms with Crippen LogP contribution in [0.1, 0.15) is 35.3 Å². The molecule has 0 spiro atoms. The predicted octanol–water partition coefficient (Wildman–Crippen LogP) is 2.32. The number of aliphatic hydroxyl groups is 1. The van der Waals surface area contributed by atoms with Gasteiger partial charge in [0.25, 0.3) is 5.91 Å². The number of fused-ring (bicyclic) bond motifs is 1. The second kappa shape index (κ2) is 9.19. The Bertz CT molecular complexity index is 1230. The fraction of sp³-hybridized carbons (Fsp3) is 0.458. The molecule has 34 heavy (non-hydrogen) atoms. The number of benzene rings is 1. The van der Waals surface area contributed by atoms with Crippen molar-refractivity contribution in [1.82, 2.24) is 25.6 Å². The first kappa shape index (κ1) is 22.5. The fourth-order valence-electron chi connectivity index (χ4n) is 4.34. The quantitative estimate of drug-likeness (QED) is 0.419. The second-order valence-corrected chi connectivity index (χ2v) is 8.95. The highest BCUT2D eigenvalue weighted by Gasteiger charge is 2.29. The summed E-state index contributed by atoms with van der Waals surface area (Å²) in [5, 5.41) is 16.3. The molecule has 0 bridgehead atoms. The zero-order chi connectivity index (χ0) is 23.8. The molecular weight excluding hydrogens is 441 g/mol. The van der Waals surface area contributed by atoms with E-state index >= 15 is 0 Å². The Hall–Kier alpha value is -3.24. The van der Waals surface area contributed by atoms with E-state index in [2.05, 4.69) is 25.6 Å². The van der Waals surface area contributed by atoms with Gasteiger partial charge < -0.3 is 30.2 Å². The van der Waals surface area contributed by atoms with Crippen LogP contribution in [0.2, 0.25) is 0 Å². The maximum absolute atomic E-state index is 14.5. The number of halogens is 1. The van der Waals surface area contributed by atoms with Crippen LogP contribution in [-0.2, 0) is 0 Å². The van der Waals surface area contributed by atoms with E-state index in [4.69, 9.17) is 9.47 Å². The molecule has 1 amide bonds. The lowest BCUT2D eigenvalue weighted by molar-refractivity contribution is 0.0766. The average Bonchev–Trinajstić information content (AvgIpc) is 3.59. The molecule has 1 aliphatic carbocycles. The summed E-state index contributed by atoms with van der Waals surface area (Å²) in [4.78, 5) is 25.2. The predicted molar refractivity (Wildman–Crippen MR) is 124 cm³/mol. The van der Waals surface area contributed by atoms with Crippen LogP contribution in [0.3, 0.4) is 0 Å². The lowest BCUT2D eigenvalue weighted by Gasteiger charge is -2.29. The molecule has 1 aliphatic heterocycles. The number of ether oxygens (including phenoxy) is 2. The third kappa shape index (κ3) is 4.30. The third-order valence-electron chi connectivity index (χ3n) is 6.45. The van der Waals surface area contributed by atoms with E-state index in [1.807, 2.05) is 0 Å². The zero-order valence-electron chi connectivity index (χ0n) is 19.2. The van der Waals surface area contributed by atoms with Crippen LogP contribution in [0, 0.1) is 18.7 Å². The van der Waals surface area contributed by atoms with Crippen molar-refractivity contribution in [3.8, 4) is 22.8 Å². The molecule has 1 saturated carbocycles. The number of nitrogens with zero attached hydrogens (tertiary/aromatic N) is 2. The molecule has 0 radical (unpaired) electrons. The maximum atomic E-state index is 14.5. The molecule has 3 heterocycles. The normalized spacial score (nSPS) is 20.4. The molecule has 2 aromatic heterocycles. The van der Waals surface area contributed by atoms with E-state index < -0.39 is 11.9 Å². The number of H-pyrrole nitrogens is 1. The molecule has 10 heteroatoms. The Balaban J connectivity index is 1.55. The van der Waals surface area contributed by atoms with Gasteiger partial charge in [-0.3, -0.25) is 4.79 Å². The van der Waals surface area contributed by atoms with Crippen molar-refractivity contribution >= 4 is 16.9 Å². The minimum absolute atomic E-state index is 0.0710. The van der Waals surface area contributed by atoms with E-state index in [1.54, 1.807) is 13.0 Å². The third-order valence-corrected chi connectivity index (χ3v) is 6.45. The van der Waals surface area contributed by atoms with Crippen molar-refractivity contribution in [2.24, 2.45) is 5.92 Å². The summed E-state index contributed by atoms with van der Waals surface area (Å²) in [6.45, 7) is 3.44. The van der Waals surface area contributed by atoms with E-state index in [1.165, 1.54) is 19.5 Å². The molecule has 2 atom stereocenters. The first-order chi connectivity index (χ1) is 16.5. The van der Waals surface area contributed by atoms with Gasteiger partial charge in [0.2, 0.25) is 0 Å². The number of nitrogens with one attached hydrogen (secondary N) is 3. The number of rotatable bonds is 7. The minimum atomic E-state index is -0.661. The number of aromatic nitrogens is 3. The zero-order valence-corrected chi connectivity index (χ0v) is 19.2. The van der Waals surface area contributed by atoms with Crippen LogP contribution in [0.4, 0.5) is 4.39 Å².